The number of aromatic nitrogens is 4. The maximum Gasteiger partial charge on any atom is 0.224 e. The molecule has 3 heterocycles. The van der Waals surface area contributed by atoms with Gasteiger partial charge in [-0.15, -0.1) is 10.2 Å². The first-order valence-corrected chi connectivity index (χ1v) is 10.8. The lowest BCUT2D eigenvalue weighted by Crippen LogP contribution is -2.13. The van der Waals surface area contributed by atoms with Crippen LogP contribution in [0.3, 0.4) is 0 Å². The van der Waals surface area contributed by atoms with Gasteiger partial charge in [-0.25, -0.2) is 4.39 Å². The maximum absolute atomic E-state index is 14.4. The Labute approximate surface area is 179 Å². The summed E-state index contributed by atoms with van der Waals surface area (Å²) in [4.78, 5) is 15.8. The number of carbonyl (C=O) groups is 1. The van der Waals surface area contributed by atoms with Gasteiger partial charge < -0.3 is 14.9 Å². The molecule has 0 unspecified atom stereocenters. The van der Waals surface area contributed by atoms with Crippen LogP contribution in [0.15, 0.2) is 48.7 Å². The fourth-order valence-electron chi connectivity index (χ4n) is 4.26. The normalized spacial score (nSPS) is 13.7. The quantitative estimate of drug-likeness (QED) is 0.487. The predicted octanol–water partition coefficient (Wildman–Crippen LogP) is 4.86. The average molecular weight is 417 g/mol. The summed E-state index contributed by atoms with van der Waals surface area (Å²) in [6.45, 7) is 0.862. The Morgan fingerprint density at radius 3 is 2.97 bits per heavy atom. The van der Waals surface area contributed by atoms with Crippen LogP contribution in [-0.2, 0) is 24.2 Å². The fourth-order valence-corrected chi connectivity index (χ4v) is 4.26. The summed E-state index contributed by atoms with van der Waals surface area (Å²) >= 11 is 0. The van der Waals surface area contributed by atoms with E-state index in [0.717, 1.165) is 59.5 Å². The maximum atomic E-state index is 14.4. The molecule has 0 bridgehead atoms. The van der Waals surface area contributed by atoms with Crippen LogP contribution in [0, 0.1) is 5.82 Å². The molecule has 0 spiro atoms. The van der Waals surface area contributed by atoms with Gasteiger partial charge in [-0.05, 0) is 49.1 Å². The zero-order chi connectivity index (χ0) is 21.2. The third-order valence-corrected chi connectivity index (χ3v) is 5.90. The summed E-state index contributed by atoms with van der Waals surface area (Å²) in [5.41, 5.74) is 3.05. The van der Waals surface area contributed by atoms with Crippen molar-refractivity contribution in [3.63, 3.8) is 0 Å². The number of hydrogen-bond acceptors (Lipinski definition) is 3. The van der Waals surface area contributed by atoms with Gasteiger partial charge >= 0.3 is 0 Å². The summed E-state index contributed by atoms with van der Waals surface area (Å²) in [6.07, 6.45) is 7.04. The third kappa shape index (κ3) is 3.95. The highest BCUT2D eigenvalue weighted by molar-refractivity contribution is 5.92. The van der Waals surface area contributed by atoms with Crippen molar-refractivity contribution in [1.29, 1.82) is 0 Å². The molecule has 6 nitrogen and oxygen atoms in total. The highest BCUT2D eigenvalue weighted by Gasteiger charge is 2.18. The van der Waals surface area contributed by atoms with Crippen LogP contribution < -0.4 is 5.32 Å². The van der Waals surface area contributed by atoms with E-state index in [4.69, 9.17) is 0 Å². The monoisotopic (exact) mass is 417 g/mol. The molecule has 1 aliphatic rings. The van der Waals surface area contributed by atoms with Crippen LogP contribution in [-0.4, -0.2) is 25.7 Å². The van der Waals surface area contributed by atoms with Crippen LogP contribution >= 0.6 is 0 Å². The van der Waals surface area contributed by atoms with E-state index in [9.17, 15) is 9.18 Å². The topological polar surface area (TPSA) is 75.6 Å². The van der Waals surface area contributed by atoms with Crippen LogP contribution in [0.4, 0.5) is 10.1 Å². The Balaban J connectivity index is 1.32. The lowest BCUT2D eigenvalue weighted by molar-refractivity contribution is -0.116. The highest BCUT2D eigenvalue weighted by Crippen LogP contribution is 2.27. The molecule has 2 aromatic carbocycles. The minimum absolute atomic E-state index is 0.174. The Morgan fingerprint density at radius 1 is 1.13 bits per heavy atom. The van der Waals surface area contributed by atoms with Crippen molar-refractivity contribution in [1.82, 2.24) is 19.7 Å². The number of aryl methyl sites for hydroxylation is 2. The molecule has 0 fully saturated rings. The van der Waals surface area contributed by atoms with E-state index in [0.29, 0.717) is 6.42 Å². The second-order valence-electron chi connectivity index (χ2n) is 8.00. The van der Waals surface area contributed by atoms with Gasteiger partial charge in [0.25, 0.3) is 0 Å². The van der Waals surface area contributed by atoms with Gasteiger partial charge in [0.2, 0.25) is 5.91 Å². The second-order valence-corrected chi connectivity index (χ2v) is 8.00. The van der Waals surface area contributed by atoms with Gasteiger partial charge in [0.15, 0.2) is 5.82 Å². The summed E-state index contributed by atoms with van der Waals surface area (Å²) in [5.74, 6) is 1.02. The number of nitrogens with zero attached hydrogens (tertiary/aromatic N) is 3. The van der Waals surface area contributed by atoms with Gasteiger partial charge in [0.1, 0.15) is 11.6 Å². The molecule has 2 N–H and O–H groups in total. The van der Waals surface area contributed by atoms with Gasteiger partial charge in [0.05, 0.1) is 5.69 Å². The molecule has 0 radical (unpaired) electrons. The predicted molar refractivity (Wildman–Crippen MR) is 118 cm³/mol. The SMILES string of the molecule is O=C(CCc1c[nH]c2ccccc12)Nc1cc(-c2nnc3n2CCCCC3)ccc1F. The summed E-state index contributed by atoms with van der Waals surface area (Å²) in [5, 5.41) is 12.5. The number of halogens is 1. The number of H-pyrrole nitrogens is 1. The van der Waals surface area contributed by atoms with E-state index in [1.165, 1.54) is 12.5 Å². The van der Waals surface area contributed by atoms with E-state index in [-0.39, 0.29) is 18.0 Å². The molecule has 158 valence electrons. The number of fused-ring (bicyclic) bond motifs is 2. The van der Waals surface area contributed by atoms with E-state index in [2.05, 4.69) is 25.1 Å². The zero-order valence-corrected chi connectivity index (χ0v) is 17.2. The highest BCUT2D eigenvalue weighted by atomic mass is 19.1. The number of amides is 1. The minimum Gasteiger partial charge on any atom is -0.361 e. The number of benzene rings is 2. The van der Waals surface area contributed by atoms with E-state index < -0.39 is 5.82 Å². The van der Waals surface area contributed by atoms with Crippen molar-refractivity contribution < 1.29 is 9.18 Å². The lowest BCUT2D eigenvalue weighted by Gasteiger charge is -2.10. The number of carbonyl (C=O) groups excluding carboxylic acids is 1. The largest absolute Gasteiger partial charge is 0.361 e. The number of nitrogens with one attached hydrogen (secondary N) is 2. The first-order chi connectivity index (χ1) is 15.2. The first-order valence-electron chi connectivity index (χ1n) is 10.8. The molecule has 1 amide bonds. The van der Waals surface area contributed by atoms with Crippen molar-refractivity contribution in [3.8, 4) is 11.4 Å². The number of hydrogen-bond donors (Lipinski definition) is 2. The van der Waals surface area contributed by atoms with Crippen molar-refractivity contribution in [2.24, 2.45) is 0 Å². The van der Waals surface area contributed by atoms with Crippen molar-refractivity contribution in [3.05, 3.63) is 65.9 Å². The van der Waals surface area contributed by atoms with Crippen molar-refractivity contribution in [2.75, 3.05) is 5.32 Å². The Kier molecular flexibility index (Phi) is 5.24. The molecular formula is C24H24FN5O. The molecule has 0 saturated heterocycles. The van der Waals surface area contributed by atoms with Crippen LogP contribution in [0.2, 0.25) is 0 Å². The molecular weight excluding hydrogens is 393 g/mol. The van der Waals surface area contributed by atoms with Crippen LogP contribution in [0.25, 0.3) is 22.3 Å². The Morgan fingerprint density at radius 2 is 2.03 bits per heavy atom. The standard InChI is InChI=1S/C24H24FN5O/c25-19-11-9-16(24-29-28-22-8-2-1-5-13-30(22)24)14-21(19)27-23(31)12-10-17-15-26-20-7-4-3-6-18(17)20/h3-4,6-7,9,11,14-15,26H,1-2,5,8,10,12-13H2,(H,27,31). The van der Waals surface area contributed by atoms with E-state index >= 15 is 0 Å². The Hall–Kier alpha value is -3.48. The molecule has 7 heteroatoms. The molecule has 0 atom stereocenters. The van der Waals surface area contributed by atoms with Crippen molar-refractivity contribution >= 4 is 22.5 Å². The van der Waals surface area contributed by atoms with Crippen molar-refractivity contribution in [2.45, 2.75) is 45.1 Å². The van der Waals surface area contributed by atoms with Crippen LogP contribution in [0.5, 0.6) is 0 Å². The number of anilines is 1. The summed E-state index contributed by atoms with van der Waals surface area (Å²) in [7, 11) is 0. The van der Waals surface area contributed by atoms with Gasteiger partial charge in [0, 0.05) is 42.0 Å². The van der Waals surface area contributed by atoms with Crippen LogP contribution in [0.1, 0.15) is 37.1 Å². The number of para-hydroxylation sites is 1. The van der Waals surface area contributed by atoms with Gasteiger partial charge in [-0.2, -0.15) is 0 Å². The average Bonchev–Trinajstić information content (AvgIpc) is 3.30. The molecule has 0 aliphatic carbocycles. The molecule has 5 rings (SSSR count). The zero-order valence-electron chi connectivity index (χ0n) is 17.2. The molecule has 0 saturated carbocycles. The van der Waals surface area contributed by atoms with E-state index in [1.54, 1.807) is 12.1 Å². The molecule has 2 aromatic heterocycles. The lowest BCUT2D eigenvalue weighted by atomic mass is 10.1. The fraction of sp³-hybridized carbons (Fsp3) is 0.292. The molecule has 1 aliphatic heterocycles. The second kappa shape index (κ2) is 8.34. The van der Waals surface area contributed by atoms with Gasteiger partial charge in [-0.3, -0.25) is 4.79 Å². The Bertz CT molecular complexity index is 1240. The smallest absolute Gasteiger partial charge is 0.224 e. The first kappa shape index (κ1) is 19.5. The third-order valence-electron chi connectivity index (χ3n) is 5.90. The molecule has 31 heavy (non-hydrogen) atoms. The summed E-state index contributed by atoms with van der Waals surface area (Å²) < 4.78 is 16.5. The van der Waals surface area contributed by atoms with E-state index in [1.807, 2.05) is 30.5 Å². The number of rotatable bonds is 5. The molecule has 4 aromatic rings. The number of aromatic amines is 1. The van der Waals surface area contributed by atoms with Gasteiger partial charge in [-0.1, -0.05) is 24.6 Å². The minimum atomic E-state index is -0.459. The summed E-state index contributed by atoms with van der Waals surface area (Å²) in [6, 6.07) is 12.7.